The molecule has 11 heteroatoms. The Labute approximate surface area is 277 Å². The number of piperidine rings is 1. The van der Waals surface area contributed by atoms with Gasteiger partial charge in [0.2, 0.25) is 17.7 Å². The minimum atomic E-state index is -1.00. The summed E-state index contributed by atoms with van der Waals surface area (Å²) in [7, 11) is 0. The quantitative estimate of drug-likeness (QED) is 0.279. The fourth-order valence-corrected chi connectivity index (χ4v) is 7.13. The van der Waals surface area contributed by atoms with Gasteiger partial charge in [0.05, 0.1) is 17.6 Å². The summed E-state index contributed by atoms with van der Waals surface area (Å²) in [4.78, 5) is 55.2. The van der Waals surface area contributed by atoms with Crippen molar-refractivity contribution in [1.82, 2.24) is 15.1 Å². The number of aromatic carboxylic acids is 1. The molecule has 4 N–H and O–H groups in total. The number of carbonyl (C=O) groups is 4. The second-order valence-electron chi connectivity index (χ2n) is 13.1. The van der Waals surface area contributed by atoms with Gasteiger partial charge >= 0.3 is 5.97 Å². The summed E-state index contributed by atoms with van der Waals surface area (Å²) in [5.41, 5.74) is 0.944. The number of piperazine rings is 1. The number of carbonyl (C=O) groups excluding carboxylic acids is 3. The molecule has 1 atom stereocenters. The third-order valence-electron chi connectivity index (χ3n) is 9.81. The van der Waals surface area contributed by atoms with Gasteiger partial charge in [0.15, 0.2) is 0 Å². The van der Waals surface area contributed by atoms with Gasteiger partial charge in [-0.05, 0) is 67.5 Å². The predicted molar refractivity (Wildman–Crippen MR) is 178 cm³/mol. The van der Waals surface area contributed by atoms with E-state index in [2.05, 4.69) is 22.5 Å². The Morgan fingerprint density at radius 2 is 1.57 bits per heavy atom. The van der Waals surface area contributed by atoms with Crippen LogP contribution in [0.25, 0.3) is 0 Å². The van der Waals surface area contributed by atoms with Crippen molar-refractivity contribution in [1.29, 1.82) is 0 Å². The summed E-state index contributed by atoms with van der Waals surface area (Å²) in [6.45, 7) is 4.69. The van der Waals surface area contributed by atoms with E-state index in [1.54, 1.807) is 12.1 Å². The summed E-state index contributed by atoms with van der Waals surface area (Å²) in [6, 6.07) is 13.3. The van der Waals surface area contributed by atoms with Gasteiger partial charge in [0.25, 0.3) is 0 Å². The molecular weight excluding hydrogens is 608 g/mol. The van der Waals surface area contributed by atoms with Crippen LogP contribution in [0.15, 0.2) is 48.5 Å². The van der Waals surface area contributed by atoms with E-state index in [9.17, 15) is 24.3 Å². The zero-order valence-corrected chi connectivity index (χ0v) is 27.4. The molecule has 5 rings (SSSR count). The third kappa shape index (κ3) is 8.27. The van der Waals surface area contributed by atoms with Crippen molar-refractivity contribution >= 4 is 41.8 Å². The normalized spacial score (nSPS) is 20.9. The van der Waals surface area contributed by atoms with E-state index in [1.165, 1.54) is 12.1 Å². The highest BCUT2D eigenvalue weighted by Gasteiger charge is 2.54. The molecule has 2 saturated heterocycles. The predicted octanol–water partition coefficient (Wildman–Crippen LogP) is 4.53. The van der Waals surface area contributed by atoms with Crippen LogP contribution in [0.3, 0.4) is 0 Å². The Bertz CT molecular complexity index is 1370. The fourth-order valence-electron chi connectivity index (χ4n) is 7.13. The Morgan fingerprint density at radius 3 is 2.17 bits per heavy atom. The van der Waals surface area contributed by atoms with Gasteiger partial charge in [0, 0.05) is 38.3 Å². The maximum absolute atomic E-state index is 13.8. The molecular formula is C35H47ClN4O6. The average molecular weight is 655 g/mol. The number of hydrogen-bond acceptors (Lipinski definition) is 6. The molecule has 2 heterocycles. The van der Waals surface area contributed by atoms with E-state index >= 15 is 0 Å². The minimum absolute atomic E-state index is 0. The van der Waals surface area contributed by atoms with Crippen LogP contribution < -0.4 is 10.6 Å². The molecule has 10 nitrogen and oxygen atoms in total. The largest absolute Gasteiger partial charge is 0.478 e. The number of likely N-dealkylation sites (tertiary alicyclic amines) is 1. The van der Waals surface area contributed by atoms with E-state index < -0.39 is 23.2 Å². The van der Waals surface area contributed by atoms with Crippen molar-refractivity contribution in [2.45, 2.75) is 101 Å². The second-order valence-corrected chi connectivity index (χ2v) is 13.1. The van der Waals surface area contributed by atoms with Crippen LogP contribution in [0, 0.1) is 0 Å². The van der Waals surface area contributed by atoms with Crippen LogP contribution >= 0.6 is 12.4 Å². The van der Waals surface area contributed by atoms with Crippen molar-refractivity contribution in [3.8, 4) is 0 Å². The van der Waals surface area contributed by atoms with E-state index in [-0.39, 0.29) is 42.1 Å². The first-order valence-electron chi connectivity index (χ1n) is 16.4. The number of rotatable bonds is 11. The molecule has 3 amide bonds. The van der Waals surface area contributed by atoms with Crippen molar-refractivity contribution in [2.75, 3.05) is 25.0 Å². The van der Waals surface area contributed by atoms with Crippen LogP contribution in [0.1, 0.15) is 92.6 Å². The molecule has 0 bridgehead atoms. The molecule has 2 aromatic carbocycles. The average Bonchev–Trinajstić information content (AvgIpc) is 3.02. The molecule has 250 valence electrons. The molecule has 2 aliphatic heterocycles. The number of carboxylic acid groups (broad SMARTS) is 1. The number of amides is 3. The van der Waals surface area contributed by atoms with E-state index in [4.69, 9.17) is 5.11 Å². The Morgan fingerprint density at radius 1 is 0.935 bits per heavy atom. The number of benzene rings is 2. The number of unbranched alkanes of at least 4 members (excludes halogenated alkanes) is 1. The second kappa shape index (κ2) is 15.4. The number of carboxylic acids is 1. The van der Waals surface area contributed by atoms with E-state index in [1.807, 2.05) is 29.2 Å². The number of nitrogens with zero attached hydrogens (tertiary/aromatic N) is 2. The highest BCUT2D eigenvalue weighted by molar-refractivity contribution is 6.00. The van der Waals surface area contributed by atoms with Gasteiger partial charge in [-0.2, -0.15) is 0 Å². The molecule has 1 aliphatic carbocycles. The highest BCUT2D eigenvalue weighted by atomic mass is 35.5. The lowest BCUT2D eigenvalue weighted by Crippen LogP contribution is -2.73. The highest BCUT2D eigenvalue weighted by Crippen LogP contribution is 2.37. The monoisotopic (exact) mass is 654 g/mol. The summed E-state index contributed by atoms with van der Waals surface area (Å²) < 4.78 is 0. The summed E-state index contributed by atoms with van der Waals surface area (Å²) in [5.74, 6) is -1.32. The maximum Gasteiger partial charge on any atom is 0.335 e. The SMILES string of the molecule is CCCCN1C(=O)[C@@H](CC2(O)CCCCC2)NC(=O)C12CCN(Cc1ccc(NC(=O)Cc3ccc(C(=O)O)cc3)cc1)CC2.Cl. The first-order valence-corrected chi connectivity index (χ1v) is 16.4. The first-order chi connectivity index (χ1) is 21.6. The van der Waals surface area contributed by atoms with Crippen molar-refractivity contribution in [2.24, 2.45) is 0 Å². The Balaban J connectivity index is 0.00000480. The van der Waals surface area contributed by atoms with E-state index in [0.29, 0.717) is 64.0 Å². The molecule has 2 aromatic rings. The zero-order chi connectivity index (χ0) is 32.0. The van der Waals surface area contributed by atoms with Crippen LogP contribution in [0.4, 0.5) is 5.69 Å². The molecule has 0 radical (unpaired) electrons. The lowest BCUT2D eigenvalue weighted by molar-refractivity contribution is -0.163. The van der Waals surface area contributed by atoms with Gasteiger partial charge in [-0.25, -0.2) is 4.79 Å². The topological polar surface area (TPSA) is 139 Å². The smallest absolute Gasteiger partial charge is 0.335 e. The molecule has 1 spiro atoms. The standard InChI is InChI=1S/C35H46N4O6.ClH/c1-2-3-19-39-31(41)29(23-34(45)15-5-4-6-16-34)37-33(44)35(39)17-20-38(21-18-35)24-26-9-13-28(14-10-26)36-30(40)22-25-7-11-27(12-8-25)32(42)43;/h7-14,29,45H,2-6,15-24H2,1H3,(H,36,40)(H,37,44)(H,42,43);1H/t29-;/m1./s1. The maximum atomic E-state index is 13.8. The molecule has 3 fully saturated rings. The number of nitrogens with one attached hydrogen (secondary N) is 2. The molecule has 1 saturated carbocycles. The fraction of sp³-hybridized carbons (Fsp3) is 0.543. The van der Waals surface area contributed by atoms with Gasteiger partial charge in [0.1, 0.15) is 11.6 Å². The summed E-state index contributed by atoms with van der Waals surface area (Å²) in [5, 5.41) is 26.1. The molecule has 0 unspecified atom stereocenters. The van der Waals surface area contributed by atoms with Gasteiger partial charge in [-0.15, -0.1) is 12.4 Å². The van der Waals surface area contributed by atoms with Gasteiger partial charge in [-0.3, -0.25) is 19.3 Å². The molecule has 0 aromatic heterocycles. The van der Waals surface area contributed by atoms with E-state index in [0.717, 1.165) is 43.2 Å². The molecule has 3 aliphatic rings. The van der Waals surface area contributed by atoms with Crippen LogP contribution in [-0.4, -0.2) is 80.5 Å². The zero-order valence-electron chi connectivity index (χ0n) is 26.6. The lowest BCUT2D eigenvalue weighted by Gasteiger charge is -2.52. The Hall–Kier alpha value is -3.47. The first kappa shape index (κ1) is 35.4. The number of hydrogen-bond donors (Lipinski definition) is 4. The number of halogens is 1. The Kier molecular flexibility index (Phi) is 11.9. The van der Waals surface area contributed by atoms with Crippen LogP contribution in [0.5, 0.6) is 0 Å². The van der Waals surface area contributed by atoms with Crippen LogP contribution in [0.2, 0.25) is 0 Å². The summed E-state index contributed by atoms with van der Waals surface area (Å²) in [6.07, 6.45) is 7.69. The van der Waals surface area contributed by atoms with Crippen molar-refractivity contribution in [3.63, 3.8) is 0 Å². The van der Waals surface area contributed by atoms with Crippen molar-refractivity contribution < 1.29 is 29.4 Å². The van der Waals surface area contributed by atoms with Crippen LogP contribution in [-0.2, 0) is 27.3 Å². The van der Waals surface area contributed by atoms with Gasteiger partial charge < -0.3 is 25.7 Å². The number of anilines is 1. The summed E-state index contributed by atoms with van der Waals surface area (Å²) >= 11 is 0. The molecule has 46 heavy (non-hydrogen) atoms. The van der Waals surface area contributed by atoms with Gasteiger partial charge in [-0.1, -0.05) is 56.9 Å². The third-order valence-corrected chi connectivity index (χ3v) is 9.81. The lowest BCUT2D eigenvalue weighted by atomic mass is 9.77. The van der Waals surface area contributed by atoms with Crippen molar-refractivity contribution in [3.05, 3.63) is 65.2 Å². The minimum Gasteiger partial charge on any atom is -0.478 e. The number of aliphatic hydroxyl groups is 1.